The Hall–Kier alpha value is -2.42. The number of amides is 3. The molecule has 8 nitrogen and oxygen atoms in total. The van der Waals surface area contributed by atoms with E-state index in [1.54, 1.807) is 6.07 Å². The molecule has 2 N–H and O–H groups in total. The Morgan fingerprint density at radius 3 is 2.60 bits per heavy atom. The Morgan fingerprint density at radius 2 is 1.93 bits per heavy atom. The van der Waals surface area contributed by atoms with Gasteiger partial charge in [0.25, 0.3) is 5.91 Å². The highest BCUT2D eigenvalue weighted by atomic mass is 32.1. The van der Waals surface area contributed by atoms with E-state index in [0.29, 0.717) is 10.8 Å². The average Bonchev–Trinajstić information content (AvgIpc) is 3.23. The smallest absolute Gasteiger partial charge is 0.349 e. The molecule has 3 amide bonds. The molecule has 1 aliphatic rings. The summed E-state index contributed by atoms with van der Waals surface area (Å²) < 4.78 is 7.20. The number of nitrogens with one attached hydrogen (secondary N) is 2. The summed E-state index contributed by atoms with van der Waals surface area (Å²) in [5.74, 6) is -0.796. The van der Waals surface area contributed by atoms with Gasteiger partial charge in [0.1, 0.15) is 9.71 Å². The zero-order valence-electron chi connectivity index (χ0n) is 18.0. The van der Waals surface area contributed by atoms with Crippen LogP contribution >= 0.6 is 11.3 Å². The summed E-state index contributed by atoms with van der Waals surface area (Å²) in [6.45, 7) is 8.34. The predicted octanol–water partition coefficient (Wildman–Crippen LogP) is 3.77. The first-order chi connectivity index (χ1) is 14.2. The molecule has 1 aliphatic carbocycles. The van der Waals surface area contributed by atoms with Gasteiger partial charge in [-0.1, -0.05) is 33.1 Å². The Kier molecular flexibility index (Phi) is 7.12. The molecule has 0 spiro atoms. The number of rotatable bonds is 6. The Labute approximate surface area is 180 Å². The van der Waals surface area contributed by atoms with Crippen molar-refractivity contribution in [1.29, 1.82) is 0 Å². The van der Waals surface area contributed by atoms with E-state index in [1.807, 2.05) is 11.6 Å². The van der Waals surface area contributed by atoms with Crippen LogP contribution in [0.3, 0.4) is 0 Å². The number of imide groups is 1. The summed E-state index contributed by atoms with van der Waals surface area (Å²) in [5, 5.41) is 10.5. The highest BCUT2D eigenvalue weighted by Crippen LogP contribution is 2.29. The van der Waals surface area contributed by atoms with E-state index in [9.17, 15) is 14.4 Å². The minimum atomic E-state index is -1.08. The molecule has 30 heavy (non-hydrogen) atoms. The van der Waals surface area contributed by atoms with Crippen molar-refractivity contribution < 1.29 is 19.1 Å². The number of hydrogen-bond acceptors (Lipinski definition) is 6. The molecule has 2 heterocycles. The van der Waals surface area contributed by atoms with Crippen molar-refractivity contribution in [2.24, 2.45) is 5.92 Å². The summed E-state index contributed by atoms with van der Waals surface area (Å²) >= 11 is 1.30. The van der Waals surface area contributed by atoms with Crippen LogP contribution in [0.5, 0.6) is 0 Å². The van der Waals surface area contributed by atoms with Crippen molar-refractivity contribution in [1.82, 2.24) is 20.4 Å². The van der Waals surface area contributed by atoms with E-state index < -0.39 is 24.0 Å². The van der Waals surface area contributed by atoms with Gasteiger partial charge in [-0.25, -0.2) is 9.59 Å². The van der Waals surface area contributed by atoms with Crippen molar-refractivity contribution in [2.45, 2.75) is 78.5 Å². The number of fused-ring (bicyclic) bond motifs is 1. The first kappa shape index (κ1) is 22.3. The summed E-state index contributed by atoms with van der Waals surface area (Å²) in [5.41, 5.74) is 0.853. The summed E-state index contributed by atoms with van der Waals surface area (Å²) in [6.07, 6.45) is 4.11. The zero-order valence-corrected chi connectivity index (χ0v) is 18.8. The maximum absolute atomic E-state index is 12.6. The van der Waals surface area contributed by atoms with Crippen LogP contribution in [0.4, 0.5) is 4.79 Å². The van der Waals surface area contributed by atoms with Crippen molar-refractivity contribution in [2.75, 3.05) is 0 Å². The maximum atomic E-state index is 12.6. The molecule has 0 aliphatic heterocycles. The number of nitrogens with zero attached hydrogens (tertiary/aromatic N) is 2. The highest BCUT2D eigenvalue weighted by molar-refractivity contribution is 7.20. The van der Waals surface area contributed by atoms with Crippen molar-refractivity contribution in [3.05, 3.63) is 16.6 Å². The van der Waals surface area contributed by atoms with Crippen molar-refractivity contribution in [3.63, 3.8) is 0 Å². The van der Waals surface area contributed by atoms with E-state index in [0.717, 1.165) is 48.1 Å². The van der Waals surface area contributed by atoms with Crippen LogP contribution in [0.25, 0.3) is 10.2 Å². The van der Waals surface area contributed by atoms with E-state index >= 15 is 0 Å². The number of urea groups is 1. The zero-order chi connectivity index (χ0) is 21.8. The van der Waals surface area contributed by atoms with E-state index in [1.165, 1.54) is 24.7 Å². The molecule has 0 aromatic carbocycles. The van der Waals surface area contributed by atoms with Gasteiger partial charge < -0.3 is 10.1 Å². The Bertz CT molecular complexity index is 927. The van der Waals surface area contributed by atoms with Crippen LogP contribution in [-0.2, 0) is 16.1 Å². The number of carbonyl (C=O) groups excluding carboxylic acids is 3. The molecule has 3 rings (SSSR count). The monoisotopic (exact) mass is 434 g/mol. The summed E-state index contributed by atoms with van der Waals surface area (Å²) in [7, 11) is 0. The minimum Gasteiger partial charge on any atom is -0.448 e. The molecule has 2 aromatic heterocycles. The molecule has 0 unspecified atom stereocenters. The molecule has 164 valence electrons. The molecule has 1 fully saturated rings. The van der Waals surface area contributed by atoms with Crippen LogP contribution in [0, 0.1) is 12.8 Å². The fraction of sp³-hybridized carbons (Fsp3) is 0.619. The number of ether oxygens (including phenoxy) is 1. The van der Waals surface area contributed by atoms with Crippen LogP contribution in [-0.4, -0.2) is 39.8 Å². The molecule has 1 atom stereocenters. The van der Waals surface area contributed by atoms with Gasteiger partial charge in [-0.3, -0.25) is 14.8 Å². The fourth-order valence-electron chi connectivity index (χ4n) is 3.64. The van der Waals surface area contributed by atoms with Crippen LogP contribution in [0.2, 0.25) is 0 Å². The number of carbonyl (C=O) groups is 3. The lowest BCUT2D eigenvalue weighted by Gasteiger charge is -2.23. The van der Waals surface area contributed by atoms with Gasteiger partial charge in [0.05, 0.1) is 5.69 Å². The second-order valence-electron chi connectivity index (χ2n) is 8.34. The van der Waals surface area contributed by atoms with Crippen LogP contribution in [0.1, 0.15) is 68.2 Å². The second kappa shape index (κ2) is 9.59. The number of esters is 1. The summed E-state index contributed by atoms with van der Waals surface area (Å²) in [4.78, 5) is 38.2. The second-order valence-corrected chi connectivity index (χ2v) is 9.37. The van der Waals surface area contributed by atoms with Crippen LogP contribution < -0.4 is 10.6 Å². The van der Waals surface area contributed by atoms with Gasteiger partial charge >= 0.3 is 12.0 Å². The molecule has 2 aromatic rings. The molecular weight excluding hydrogens is 404 g/mol. The quantitative estimate of drug-likeness (QED) is 0.674. The summed E-state index contributed by atoms with van der Waals surface area (Å²) in [6, 6.07) is 1.31. The molecule has 0 bridgehead atoms. The van der Waals surface area contributed by atoms with Gasteiger partial charge in [-0.15, -0.1) is 11.3 Å². The van der Waals surface area contributed by atoms with Gasteiger partial charge in [0, 0.05) is 18.0 Å². The number of hydrogen-bond donors (Lipinski definition) is 2. The van der Waals surface area contributed by atoms with E-state index in [-0.39, 0.29) is 6.04 Å². The molecule has 9 heteroatoms. The minimum absolute atomic E-state index is 0.0941. The van der Waals surface area contributed by atoms with Crippen LogP contribution in [0.15, 0.2) is 6.07 Å². The highest BCUT2D eigenvalue weighted by Gasteiger charge is 2.24. The lowest BCUT2D eigenvalue weighted by molar-refractivity contribution is -0.127. The molecule has 1 saturated carbocycles. The topological polar surface area (TPSA) is 102 Å². The van der Waals surface area contributed by atoms with Gasteiger partial charge in [0.15, 0.2) is 6.10 Å². The van der Waals surface area contributed by atoms with Gasteiger partial charge in [-0.05, 0) is 38.7 Å². The first-order valence-corrected chi connectivity index (χ1v) is 11.4. The van der Waals surface area contributed by atoms with E-state index in [4.69, 9.17) is 4.74 Å². The third-order valence-electron chi connectivity index (χ3n) is 5.18. The third-order valence-corrected chi connectivity index (χ3v) is 6.31. The van der Waals surface area contributed by atoms with Gasteiger partial charge in [0.2, 0.25) is 0 Å². The number of aromatic nitrogens is 2. The SMILES string of the molecule is Cc1nn(CC(C)C)c2sc(C(=O)O[C@H](C)C(=O)NC(=O)NC3CCCCC3)cc12. The van der Waals surface area contributed by atoms with Gasteiger partial charge in [-0.2, -0.15) is 5.10 Å². The molecule has 0 radical (unpaired) electrons. The predicted molar refractivity (Wildman–Crippen MR) is 116 cm³/mol. The lowest BCUT2D eigenvalue weighted by atomic mass is 9.96. The standard InChI is InChI=1S/C21H30N4O4S/c1-12(2)11-25-19-16(13(3)24-25)10-17(30-19)20(27)29-14(4)18(26)23-21(28)22-15-8-6-5-7-9-15/h10,12,14-15H,5-9,11H2,1-4H3,(H2,22,23,26,28)/t14-/m1/s1. The van der Waals surface area contributed by atoms with Crippen molar-refractivity contribution >= 4 is 39.5 Å². The average molecular weight is 435 g/mol. The Balaban J connectivity index is 1.58. The first-order valence-electron chi connectivity index (χ1n) is 10.5. The maximum Gasteiger partial charge on any atom is 0.349 e. The fourth-order valence-corrected chi connectivity index (χ4v) is 4.69. The normalized spacial score (nSPS) is 15.9. The Morgan fingerprint density at radius 1 is 1.23 bits per heavy atom. The van der Waals surface area contributed by atoms with E-state index in [2.05, 4.69) is 29.6 Å². The largest absolute Gasteiger partial charge is 0.448 e. The molecular formula is C21H30N4O4S. The lowest BCUT2D eigenvalue weighted by Crippen LogP contribution is -2.48. The molecule has 0 saturated heterocycles. The van der Waals surface area contributed by atoms with Crippen molar-refractivity contribution in [3.8, 4) is 0 Å². The number of thiophene rings is 1. The third kappa shape index (κ3) is 5.38. The number of aryl methyl sites for hydroxylation is 1.